The normalized spacial score (nSPS) is 17.3. The summed E-state index contributed by atoms with van der Waals surface area (Å²) in [5, 5.41) is 7.71. The zero-order valence-electron chi connectivity index (χ0n) is 15.9. The Bertz CT molecular complexity index is 657. The fraction of sp³-hybridized carbons (Fsp3) is 0.550. The minimum absolute atomic E-state index is 0. The predicted octanol–water partition coefficient (Wildman–Crippen LogP) is 4.06. The van der Waals surface area contributed by atoms with Crippen molar-refractivity contribution in [3.63, 3.8) is 0 Å². The summed E-state index contributed by atoms with van der Waals surface area (Å²) >= 11 is 0. The maximum Gasteiger partial charge on any atom is 0.119 e. The molecular weight excluding hydrogens is 394 g/mol. The third kappa shape index (κ3) is 5.74. The highest BCUT2D eigenvalue weighted by Crippen LogP contribution is 2.26. The zero-order valence-corrected chi connectivity index (χ0v) is 17.6. The molecule has 3 rings (SSSR count). The molecule has 5 nitrogen and oxygen atoms in total. The third-order valence-electron chi connectivity index (χ3n) is 4.66. The van der Waals surface area contributed by atoms with E-state index in [1.165, 1.54) is 25.2 Å². The van der Waals surface area contributed by atoms with Crippen molar-refractivity contribution < 1.29 is 9.47 Å². The van der Waals surface area contributed by atoms with E-state index >= 15 is 0 Å². The van der Waals surface area contributed by atoms with Crippen LogP contribution >= 0.6 is 17.0 Å². The summed E-state index contributed by atoms with van der Waals surface area (Å²) in [6.45, 7) is 8.70. The van der Waals surface area contributed by atoms with Crippen LogP contribution in [0.4, 0.5) is 0 Å². The van der Waals surface area contributed by atoms with Gasteiger partial charge in [0.15, 0.2) is 0 Å². The number of aromatic nitrogens is 2. The van der Waals surface area contributed by atoms with Crippen LogP contribution in [-0.4, -0.2) is 48.4 Å². The Morgan fingerprint density at radius 1 is 1.23 bits per heavy atom. The molecule has 0 bridgehead atoms. The van der Waals surface area contributed by atoms with Gasteiger partial charge in [-0.25, -0.2) is 0 Å². The monoisotopic (exact) mass is 423 g/mol. The number of halogens is 1. The molecule has 0 spiro atoms. The van der Waals surface area contributed by atoms with Gasteiger partial charge in [-0.05, 0) is 49.2 Å². The van der Waals surface area contributed by atoms with Crippen molar-refractivity contribution in [2.75, 3.05) is 33.4 Å². The highest BCUT2D eigenvalue weighted by atomic mass is 79.9. The van der Waals surface area contributed by atoms with E-state index in [9.17, 15) is 0 Å². The van der Waals surface area contributed by atoms with Gasteiger partial charge in [0.2, 0.25) is 0 Å². The molecule has 1 atom stereocenters. The Hall–Kier alpha value is -1.53. The maximum atomic E-state index is 5.79. The molecule has 1 unspecified atom stereocenters. The first-order valence-corrected chi connectivity index (χ1v) is 9.17. The fourth-order valence-electron chi connectivity index (χ4n) is 3.42. The Kier molecular flexibility index (Phi) is 7.97. The van der Waals surface area contributed by atoms with E-state index in [1.54, 1.807) is 7.11 Å². The van der Waals surface area contributed by atoms with Crippen molar-refractivity contribution in [2.45, 2.75) is 32.6 Å². The van der Waals surface area contributed by atoms with Crippen LogP contribution < -0.4 is 9.47 Å². The van der Waals surface area contributed by atoms with E-state index in [4.69, 9.17) is 9.47 Å². The van der Waals surface area contributed by atoms with Gasteiger partial charge in [0, 0.05) is 31.1 Å². The van der Waals surface area contributed by atoms with Crippen LogP contribution in [0.1, 0.15) is 37.6 Å². The number of likely N-dealkylation sites (tertiary alicyclic amines) is 1. The third-order valence-corrected chi connectivity index (χ3v) is 4.66. The fourth-order valence-corrected chi connectivity index (χ4v) is 3.42. The molecule has 1 aliphatic rings. The topological polar surface area (TPSA) is 50.4 Å². The predicted molar refractivity (Wildman–Crippen MR) is 110 cm³/mol. The lowest BCUT2D eigenvalue weighted by atomic mass is 10.0. The highest BCUT2D eigenvalue weighted by molar-refractivity contribution is 8.93. The van der Waals surface area contributed by atoms with Crippen LogP contribution in [-0.2, 0) is 6.42 Å². The minimum atomic E-state index is 0. The van der Waals surface area contributed by atoms with Crippen LogP contribution in [0.5, 0.6) is 11.5 Å². The summed E-state index contributed by atoms with van der Waals surface area (Å²) in [7, 11) is 1.66. The summed E-state index contributed by atoms with van der Waals surface area (Å²) in [5.74, 6) is 2.99. The molecule has 1 fully saturated rings. The molecule has 1 N–H and O–H groups in total. The van der Waals surface area contributed by atoms with Crippen molar-refractivity contribution in [3.05, 3.63) is 41.7 Å². The average Bonchev–Trinajstić information content (AvgIpc) is 3.24. The average molecular weight is 424 g/mol. The molecule has 1 aromatic carbocycles. The summed E-state index contributed by atoms with van der Waals surface area (Å²) in [6.07, 6.45) is 2.04. The smallest absolute Gasteiger partial charge is 0.119 e. The number of aromatic amines is 1. The lowest BCUT2D eigenvalue weighted by Crippen LogP contribution is -2.24. The second kappa shape index (κ2) is 9.97. The van der Waals surface area contributed by atoms with Crippen molar-refractivity contribution in [3.8, 4) is 11.5 Å². The van der Waals surface area contributed by atoms with Gasteiger partial charge in [0.05, 0.1) is 19.4 Å². The summed E-state index contributed by atoms with van der Waals surface area (Å²) in [6, 6.07) is 9.89. The van der Waals surface area contributed by atoms with Gasteiger partial charge in [-0.15, -0.1) is 17.0 Å². The van der Waals surface area contributed by atoms with Crippen molar-refractivity contribution in [1.29, 1.82) is 0 Å². The van der Waals surface area contributed by atoms with Crippen molar-refractivity contribution >= 4 is 17.0 Å². The van der Waals surface area contributed by atoms with E-state index in [0.717, 1.165) is 36.1 Å². The Morgan fingerprint density at radius 2 is 1.96 bits per heavy atom. The molecule has 144 valence electrons. The standard InChI is InChI=1S/C20H29N3O2.BrH/c1-15(2)13-23-10-8-16(14-23)20-12-17(21-22-20)9-11-25-19-6-4-18(24-3)5-7-19;/h4-7,12,15-16H,8-11,13-14H2,1-3H3,(H,21,22);1H. The SMILES string of the molecule is Br.COc1ccc(OCCc2cc(C3CCN(CC(C)C)C3)n[nH]2)cc1. The van der Waals surface area contributed by atoms with Crippen LogP contribution in [0, 0.1) is 5.92 Å². The van der Waals surface area contributed by atoms with E-state index in [1.807, 2.05) is 24.3 Å². The molecule has 6 heteroatoms. The van der Waals surface area contributed by atoms with Gasteiger partial charge in [-0.2, -0.15) is 5.10 Å². The van der Waals surface area contributed by atoms with E-state index in [-0.39, 0.29) is 17.0 Å². The number of benzene rings is 1. The molecule has 1 saturated heterocycles. The second-order valence-electron chi connectivity index (χ2n) is 7.23. The minimum Gasteiger partial charge on any atom is -0.497 e. The zero-order chi connectivity index (χ0) is 17.6. The number of ether oxygens (including phenoxy) is 2. The van der Waals surface area contributed by atoms with E-state index < -0.39 is 0 Å². The summed E-state index contributed by atoms with van der Waals surface area (Å²) in [5.41, 5.74) is 2.34. The number of rotatable bonds is 8. The van der Waals surface area contributed by atoms with Crippen molar-refractivity contribution in [1.82, 2.24) is 15.1 Å². The molecule has 0 saturated carbocycles. The Morgan fingerprint density at radius 3 is 2.65 bits per heavy atom. The van der Waals surface area contributed by atoms with E-state index in [2.05, 4.69) is 35.0 Å². The lowest BCUT2D eigenvalue weighted by Gasteiger charge is -2.17. The molecule has 26 heavy (non-hydrogen) atoms. The van der Waals surface area contributed by atoms with Gasteiger partial charge in [-0.1, -0.05) is 13.8 Å². The van der Waals surface area contributed by atoms with E-state index in [0.29, 0.717) is 12.5 Å². The molecule has 0 aliphatic carbocycles. The molecule has 0 amide bonds. The number of nitrogens with zero attached hydrogens (tertiary/aromatic N) is 2. The Labute approximate surface area is 166 Å². The number of methoxy groups -OCH3 is 1. The molecule has 2 aromatic rings. The van der Waals surface area contributed by atoms with Gasteiger partial charge in [0.1, 0.15) is 11.5 Å². The Balaban J connectivity index is 0.00000243. The van der Waals surface area contributed by atoms with Gasteiger partial charge in [-0.3, -0.25) is 5.10 Å². The van der Waals surface area contributed by atoms with Gasteiger partial charge in [0.25, 0.3) is 0 Å². The quantitative estimate of drug-likeness (QED) is 0.695. The molecule has 0 radical (unpaired) electrons. The largest absolute Gasteiger partial charge is 0.497 e. The second-order valence-corrected chi connectivity index (χ2v) is 7.23. The summed E-state index contributed by atoms with van der Waals surface area (Å²) < 4.78 is 10.9. The first-order valence-electron chi connectivity index (χ1n) is 9.17. The first kappa shape index (κ1) is 20.8. The number of hydrogen-bond acceptors (Lipinski definition) is 4. The van der Waals surface area contributed by atoms with Crippen LogP contribution in [0.15, 0.2) is 30.3 Å². The number of H-pyrrole nitrogens is 1. The van der Waals surface area contributed by atoms with Gasteiger partial charge >= 0.3 is 0 Å². The summed E-state index contributed by atoms with van der Waals surface area (Å²) in [4.78, 5) is 2.55. The van der Waals surface area contributed by atoms with Crippen LogP contribution in [0.25, 0.3) is 0 Å². The maximum absolute atomic E-state index is 5.79. The first-order chi connectivity index (χ1) is 12.1. The highest BCUT2D eigenvalue weighted by Gasteiger charge is 2.25. The van der Waals surface area contributed by atoms with Crippen LogP contribution in [0.3, 0.4) is 0 Å². The molecular formula is C20H30BrN3O2. The number of hydrogen-bond donors (Lipinski definition) is 1. The molecule has 1 aliphatic heterocycles. The van der Waals surface area contributed by atoms with Crippen molar-refractivity contribution in [2.24, 2.45) is 5.92 Å². The number of nitrogens with one attached hydrogen (secondary N) is 1. The van der Waals surface area contributed by atoms with Crippen LogP contribution in [0.2, 0.25) is 0 Å². The van der Waals surface area contributed by atoms with Gasteiger partial charge < -0.3 is 14.4 Å². The molecule has 1 aromatic heterocycles. The lowest BCUT2D eigenvalue weighted by molar-refractivity contribution is 0.294. The molecule has 2 heterocycles.